The number of rotatable bonds is 35. The van der Waals surface area contributed by atoms with Gasteiger partial charge in [0.05, 0.1) is 18.8 Å². The van der Waals surface area contributed by atoms with Gasteiger partial charge in [-0.2, -0.15) is 0 Å². The second-order valence-corrected chi connectivity index (χ2v) is 13.4. The van der Waals surface area contributed by atoms with Crippen LogP contribution in [0.4, 0.5) is 0 Å². The van der Waals surface area contributed by atoms with Crippen LogP contribution in [0, 0.1) is 0 Å². The average Bonchev–Trinajstić information content (AvgIpc) is 3.01. The van der Waals surface area contributed by atoms with E-state index in [0.29, 0.717) is 12.8 Å². The topological polar surface area (TPSA) is 69.6 Å². The molecule has 43 heavy (non-hydrogen) atoms. The van der Waals surface area contributed by atoms with Crippen molar-refractivity contribution in [3.05, 3.63) is 12.2 Å². The van der Waals surface area contributed by atoms with Crippen LogP contribution in [0.2, 0.25) is 0 Å². The molecule has 256 valence electrons. The zero-order valence-electron chi connectivity index (χ0n) is 29.2. The molecule has 0 radical (unpaired) electrons. The van der Waals surface area contributed by atoms with Gasteiger partial charge < -0.3 is 15.5 Å². The Morgan fingerprint density at radius 3 is 1.28 bits per heavy atom. The third-order valence-electron chi connectivity index (χ3n) is 9.03. The molecule has 0 aliphatic rings. The minimum atomic E-state index is -0.656. The summed E-state index contributed by atoms with van der Waals surface area (Å²) in [5.74, 6) is -0.0354. The minimum Gasteiger partial charge on any atom is -0.394 e. The Kier molecular flexibility index (Phi) is 34.9. The first-order valence-corrected chi connectivity index (χ1v) is 19.4. The largest absolute Gasteiger partial charge is 0.394 e. The van der Waals surface area contributed by atoms with Crippen molar-refractivity contribution < 1.29 is 15.0 Å². The fourth-order valence-electron chi connectivity index (χ4n) is 6.00. The Balaban J connectivity index is 3.54. The number of hydrogen-bond donors (Lipinski definition) is 3. The summed E-state index contributed by atoms with van der Waals surface area (Å²) in [7, 11) is 0. The summed E-state index contributed by atoms with van der Waals surface area (Å²) >= 11 is 0. The lowest BCUT2D eigenvalue weighted by atomic mass is 10.0. The number of unbranched alkanes of at least 4 members (excludes halogenated alkanes) is 26. The predicted molar refractivity (Wildman–Crippen MR) is 189 cm³/mol. The molecule has 0 fully saturated rings. The fraction of sp³-hybridized carbons (Fsp3) is 0.923. The molecule has 0 aliphatic heterocycles. The number of hydrogen-bond acceptors (Lipinski definition) is 3. The lowest BCUT2D eigenvalue weighted by molar-refractivity contribution is -0.123. The van der Waals surface area contributed by atoms with Crippen molar-refractivity contribution in [1.29, 1.82) is 0 Å². The van der Waals surface area contributed by atoms with Crippen LogP contribution >= 0.6 is 0 Å². The van der Waals surface area contributed by atoms with Gasteiger partial charge in [0.2, 0.25) is 5.91 Å². The van der Waals surface area contributed by atoms with Gasteiger partial charge in [0.1, 0.15) is 0 Å². The highest BCUT2D eigenvalue weighted by Crippen LogP contribution is 2.15. The standard InChI is InChI=1S/C39H77NO3/c1-3-5-7-9-11-13-15-17-18-19-20-21-23-25-27-29-31-33-35-39(43)40-37(36-41)38(42)34-32-30-28-26-24-22-16-14-12-10-8-6-4-2/h18-19,37-38,41-42H,3-17,20-36H2,1-2H3,(H,40,43)/b19-18-. The molecule has 4 nitrogen and oxygen atoms in total. The number of carbonyl (C=O) groups excluding carboxylic acids is 1. The van der Waals surface area contributed by atoms with E-state index in [9.17, 15) is 15.0 Å². The van der Waals surface area contributed by atoms with Crippen LogP contribution in [-0.2, 0) is 4.79 Å². The first-order valence-electron chi connectivity index (χ1n) is 19.4. The molecule has 4 heteroatoms. The Morgan fingerprint density at radius 1 is 0.535 bits per heavy atom. The summed E-state index contributed by atoms with van der Waals surface area (Å²) in [4.78, 5) is 12.3. The van der Waals surface area contributed by atoms with Crippen molar-refractivity contribution >= 4 is 5.91 Å². The normalized spacial score (nSPS) is 13.1. The zero-order chi connectivity index (χ0) is 31.5. The summed E-state index contributed by atoms with van der Waals surface area (Å²) in [6.45, 7) is 4.35. The number of aliphatic hydroxyl groups is 2. The van der Waals surface area contributed by atoms with Crippen molar-refractivity contribution in [1.82, 2.24) is 5.32 Å². The van der Waals surface area contributed by atoms with Crippen molar-refractivity contribution in [2.45, 2.75) is 225 Å². The summed E-state index contributed by atoms with van der Waals surface area (Å²) < 4.78 is 0. The molecule has 1 amide bonds. The van der Waals surface area contributed by atoms with Gasteiger partial charge in [0.15, 0.2) is 0 Å². The molecule has 0 aliphatic carbocycles. The molecule has 0 saturated heterocycles. The Labute approximate surface area is 269 Å². The molecule has 0 aromatic rings. The maximum Gasteiger partial charge on any atom is 0.220 e. The van der Waals surface area contributed by atoms with E-state index in [1.807, 2.05) is 0 Å². The highest BCUT2D eigenvalue weighted by molar-refractivity contribution is 5.76. The van der Waals surface area contributed by atoms with Crippen molar-refractivity contribution in [3.8, 4) is 0 Å². The van der Waals surface area contributed by atoms with Gasteiger partial charge in [0, 0.05) is 6.42 Å². The monoisotopic (exact) mass is 608 g/mol. The van der Waals surface area contributed by atoms with E-state index in [1.54, 1.807) is 0 Å². The summed E-state index contributed by atoms with van der Waals surface area (Å²) in [5, 5.41) is 23.1. The summed E-state index contributed by atoms with van der Waals surface area (Å²) in [6.07, 6.45) is 42.7. The average molecular weight is 608 g/mol. The lowest BCUT2D eigenvalue weighted by Gasteiger charge is -2.22. The SMILES string of the molecule is CCCCCCCCC/C=C\CCCCCCCCCC(=O)NC(CO)C(O)CCCCCCCCCCCCCCC. The van der Waals surface area contributed by atoms with Gasteiger partial charge in [-0.15, -0.1) is 0 Å². The first-order chi connectivity index (χ1) is 21.2. The maximum absolute atomic E-state index is 12.3. The van der Waals surface area contributed by atoms with Crippen LogP contribution in [0.5, 0.6) is 0 Å². The van der Waals surface area contributed by atoms with Crippen LogP contribution < -0.4 is 5.32 Å². The molecule has 0 saturated carbocycles. The van der Waals surface area contributed by atoms with Crippen LogP contribution in [0.3, 0.4) is 0 Å². The Bertz CT molecular complexity index is 579. The van der Waals surface area contributed by atoms with E-state index in [1.165, 1.54) is 161 Å². The van der Waals surface area contributed by atoms with E-state index in [2.05, 4.69) is 31.3 Å². The van der Waals surface area contributed by atoms with Crippen molar-refractivity contribution in [3.63, 3.8) is 0 Å². The number of nitrogens with one attached hydrogen (secondary N) is 1. The molecule has 3 N–H and O–H groups in total. The second-order valence-electron chi connectivity index (χ2n) is 13.4. The molecular formula is C39H77NO3. The number of allylic oxidation sites excluding steroid dienone is 2. The highest BCUT2D eigenvalue weighted by atomic mass is 16.3. The predicted octanol–water partition coefficient (Wildman–Crippen LogP) is 11.5. The van der Waals surface area contributed by atoms with Crippen LogP contribution in [0.25, 0.3) is 0 Å². The number of aliphatic hydroxyl groups excluding tert-OH is 2. The van der Waals surface area contributed by atoms with Crippen LogP contribution in [-0.4, -0.2) is 34.9 Å². The number of carbonyl (C=O) groups is 1. The molecule has 0 aromatic heterocycles. The highest BCUT2D eigenvalue weighted by Gasteiger charge is 2.19. The van der Waals surface area contributed by atoms with E-state index in [4.69, 9.17) is 0 Å². The van der Waals surface area contributed by atoms with Gasteiger partial charge in [-0.25, -0.2) is 0 Å². The third kappa shape index (κ3) is 32.3. The van der Waals surface area contributed by atoms with Gasteiger partial charge in [-0.1, -0.05) is 180 Å². The lowest BCUT2D eigenvalue weighted by Crippen LogP contribution is -2.45. The summed E-state index contributed by atoms with van der Waals surface area (Å²) in [5.41, 5.74) is 0. The molecule has 0 spiro atoms. The molecule has 2 atom stereocenters. The van der Waals surface area contributed by atoms with E-state index >= 15 is 0 Å². The molecule has 0 rings (SSSR count). The molecule has 0 bridgehead atoms. The zero-order valence-corrected chi connectivity index (χ0v) is 29.2. The van der Waals surface area contributed by atoms with E-state index < -0.39 is 12.1 Å². The second kappa shape index (κ2) is 35.6. The van der Waals surface area contributed by atoms with Gasteiger partial charge in [-0.05, 0) is 38.5 Å². The first kappa shape index (κ1) is 42.1. The van der Waals surface area contributed by atoms with Gasteiger partial charge in [0.25, 0.3) is 0 Å². The third-order valence-corrected chi connectivity index (χ3v) is 9.03. The van der Waals surface area contributed by atoms with Gasteiger partial charge in [-0.3, -0.25) is 4.79 Å². The van der Waals surface area contributed by atoms with E-state index in [-0.39, 0.29) is 12.5 Å². The smallest absolute Gasteiger partial charge is 0.220 e. The quantitative estimate of drug-likeness (QED) is 0.0496. The van der Waals surface area contributed by atoms with Gasteiger partial charge >= 0.3 is 0 Å². The molecular weight excluding hydrogens is 530 g/mol. The van der Waals surface area contributed by atoms with Crippen LogP contribution in [0.1, 0.15) is 213 Å². The molecule has 0 heterocycles. The molecule has 2 unspecified atom stereocenters. The van der Waals surface area contributed by atoms with Crippen molar-refractivity contribution in [2.24, 2.45) is 0 Å². The Morgan fingerprint density at radius 2 is 0.884 bits per heavy atom. The minimum absolute atomic E-state index is 0.0354. The van der Waals surface area contributed by atoms with Crippen LogP contribution in [0.15, 0.2) is 12.2 Å². The van der Waals surface area contributed by atoms with E-state index in [0.717, 1.165) is 25.7 Å². The maximum atomic E-state index is 12.3. The number of amides is 1. The van der Waals surface area contributed by atoms with Crippen molar-refractivity contribution in [2.75, 3.05) is 6.61 Å². The fourth-order valence-corrected chi connectivity index (χ4v) is 6.00. The Hall–Kier alpha value is -0.870. The molecule has 0 aromatic carbocycles. The summed E-state index contributed by atoms with van der Waals surface area (Å²) in [6, 6.07) is -0.533.